The summed E-state index contributed by atoms with van der Waals surface area (Å²) in [5, 5.41) is 0. The molecule has 2 unspecified atom stereocenters. The first-order chi connectivity index (χ1) is 18.5. The van der Waals surface area contributed by atoms with Crippen LogP contribution < -0.4 is 0 Å². The Labute approximate surface area is 229 Å². The summed E-state index contributed by atoms with van der Waals surface area (Å²) in [7, 11) is 0. The molecule has 5 aromatic carbocycles. The molecule has 0 fully saturated rings. The minimum atomic E-state index is 0.381. The van der Waals surface area contributed by atoms with E-state index in [9.17, 15) is 0 Å². The van der Waals surface area contributed by atoms with Gasteiger partial charge in [-0.2, -0.15) is 0 Å². The molecule has 0 aliphatic carbocycles. The third-order valence-corrected chi connectivity index (χ3v) is 7.95. The minimum absolute atomic E-state index is 0.381. The number of hydrogen-bond donors (Lipinski definition) is 0. The molecule has 2 atom stereocenters. The summed E-state index contributed by atoms with van der Waals surface area (Å²) in [5.74, 6) is 0.820. The lowest BCUT2D eigenvalue weighted by Crippen LogP contribution is -2.05. The average Bonchev–Trinajstić information content (AvgIpc) is 2.95. The van der Waals surface area contributed by atoms with Gasteiger partial charge in [0, 0.05) is 5.92 Å². The fourth-order valence-electron chi connectivity index (χ4n) is 5.68. The molecule has 38 heavy (non-hydrogen) atoms. The van der Waals surface area contributed by atoms with Crippen molar-refractivity contribution >= 4 is 0 Å². The minimum Gasteiger partial charge on any atom is -0.0645 e. The van der Waals surface area contributed by atoms with Crippen LogP contribution >= 0.6 is 0 Å². The van der Waals surface area contributed by atoms with Gasteiger partial charge in [0.1, 0.15) is 0 Å². The van der Waals surface area contributed by atoms with Crippen molar-refractivity contribution in [2.24, 2.45) is 0 Å². The lowest BCUT2D eigenvalue weighted by atomic mass is 9.81. The summed E-state index contributed by atoms with van der Waals surface area (Å²) >= 11 is 0. The Morgan fingerprint density at radius 3 is 1.87 bits per heavy atom. The maximum atomic E-state index is 2.46. The van der Waals surface area contributed by atoms with Crippen molar-refractivity contribution in [3.63, 3.8) is 0 Å². The predicted molar refractivity (Wildman–Crippen MR) is 164 cm³/mol. The molecule has 190 valence electrons. The van der Waals surface area contributed by atoms with Crippen molar-refractivity contribution < 1.29 is 0 Å². The Hall–Kier alpha value is -3.90. The topological polar surface area (TPSA) is 0 Å². The van der Waals surface area contributed by atoms with Gasteiger partial charge >= 0.3 is 0 Å². The first-order valence-corrected chi connectivity index (χ1v) is 13.9. The predicted octanol–water partition coefficient (Wildman–Crippen LogP) is 10.5. The molecule has 0 radical (unpaired) electrons. The van der Waals surface area contributed by atoms with Gasteiger partial charge in [-0.15, -0.1) is 0 Å². The van der Waals surface area contributed by atoms with Crippen LogP contribution in [-0.2, 0) is 6.42 Å². The van der Waals surface area contributed by atoms with Crippen molar-refractivity contribution in [2.45, 2.75) is 52.4 Å². The van der Waals surface area contributed by atoms with Crippen molar-refractivity contribution in [1.29, 1.82) is 0 Å². The fraction of sp³-hybridized carbons (Fsp3) is 0.211. The van der Waals surface area contributed by atoms with Crippen LogP contribution in [0.25, 0.3) is 22.3 Å². The monoisotopic (exact) mass is 494 g/mol. The van der Waals surface area contributed by atoms with Gasteiger partial charge in [0.15, 0.2) is 0 Å². The van der Waals surface area contributed by atoms with E-state index in [4.69, 9.17) is 0 Å². The zero-order valence-electron chi connectivity index (χ0n) is 23.1. The van der Waals surface area contributed by atoms with Crippen LogP contribution in [-0.4, -0.2) is 0 Å². The summed E-state index contributed by atoms with van der Waals surface area (Å²) in [6, 6.07) is 44.9. The van der Waals surface area contributed by atoms with Crippen LogP contribution in [0, 0.1) is 13.8 Å². The number of rotatable bonds is 8. The van der Waals surface area contributed by atoms with Gasteiger partial charge in [-0.05, 0) is 82.7 Å². The largest absolute Gasteiger partial charge is 0.0645 e. The molecule has 0 nitrogen and oxygen atoms in total. The Kier molecular flexibility index (Phi) is 7.89. The number of hydrogen-bond acceptors (Lipinski definition) is 0. The van der Waals surface area contributed by atoms with Gasteiger partial charge in [0.05, 0.1) is 0 Å². The molecule has 0 N–H and O–H groups in total. The maximum absolute atomic E-state index is 2.46. The Morgan fingerprint density at radius 1 is 0.579 bits per heavy atom. The summed E-state index contributed by atoms with van der Waals surface area (Å²) in [6.45, 7) is 9.01. The lowest BCUT2D eigenvalue weighted by molar-refractivity contribution is 0.754. The van der Waals surface area contributed by atoms with Crippen LogP contribution in [0.3, 0.4) is 0 Å². The van der Waals surface area contributed by atoms with Crippen molar-refractivity contribution in [3.05, 3.63) is 155 Å². The molecule has 0 heterocycles. The van der Waals surface area contributed by atoms with Gasteiger partial charge in [0.2, 0.25) is 0 Å². The second-order valence-corrected chi connectivity index (χ2v) is 10.7. The van der Waals surface area contributed by atoms with E-state index in [-0.39, 0.29) is 0 Å². The van der Waals surface area contributed by atoms with E-state index >= 15 is 0 Å². The van der Waals surface area contributed by atoms with Crippen molar-refractivity contribution in [1.82, 2.24) is 0 Å². The lowest BCUT2D eigenvalue weighted by Gasteiger charge is -2.23. The van der Waals surface area contributed by atoms with Gasteiger partial charge in [-0.3, -0.25) is 0 Å². The molecule has 0 amide bonds. The highest BCUT2D eigenvalue weighted by molar-refractivity contribution is 5.73. The third-order valence-electron chi connectivity index (χ3n) is 7.95. The van der Waals surface area contributed by atoms with Crippen LogP contribution in [0.2, 0.25) is 0 Å². The van der Waals surface area contributed by atoms with Crippen LogP contribution in [0.4, 0.5) is 0 Å². The summed E-state index contributed by atoms with van der Waals surface area (Å²) in [5.41, 5.74) is 13.5. The second kappa shape index (κ2) is 11.7. The number of aryl methyl sites for hydroxylation is 2. The van der Waals surface area contributed by atoms with Crippen LogP contribution in [0.1, 0.15) is 65.5 Å². The third kappa shape index (κ3) is 5.65. The zero-order valence-corrected chi connectivity index (χ0v) is 23.1. The highest BCUT2D eigenvalue weighted by Crippen LogP contribution is 2.38. The highest BCUT2D eigenvalue weighted by atomic mass is 14.2. The van der Waals surface area contributed by atoms with Crippen molar-refractivity contribution in [3.8, 4) is 22.3 Å². The quantitative estimate of drug-likeness (QED) is 0.201. The average molecular weight is 495 g/mol. The van der Waals surface area contributed by atoms with E-state index in [2.05, 4.69) is 149 Å². The zero-order chi connectivity index (χ0) is 26.5. The molecule has 0 saturated carbocycles. The molecular formula is C38H38. The molecule has 0 bridgehead atoms. The smallest absolute Gasteiger partial charge is 0.00928 e. The summed E-state index contributed by atoms with van der Waals surface area (Å²) < 4.78 is 0. The molecule has 0 spiro atoms. The van der Waals surface area contributed by atoms with Gasteiger partial charge in [-0.25, -0.2) is 0 Å². The molecule has 0 saturated heterocycles. The SMILES string of the molecule is CCC(c1ccccc1)c1ccc(CC(C)c2ccc(-c3ccc(C)cc3)cc2)cc1-c1ccccc1C. The Balaban J connectivity index is 1.45. The molecule has 0 heteroatoms. The van der Waals surface area contributed by atoms with Gasteiger partial charge in [-0.1, -0.05) is 141 Å². The highest BCUT2D eigenvalue weighted by Gasteiger charge is 2.19. The van der Waals surface area contributed by atoms with E-state index in [0.29, 0.717) is 11.8 Å². The molecule has 5 rings (SSSR count). The standard InChI is InChI=1S/C38H38/c1-5-35(34-12-7-6-8-13-34)37-24-17-30(26-38(37)36-14-10-9-11-28(36)3)25-29(4)31-20-22-33(23-21-31)32-18-15-27(2)16-19-32/h6-24,26,29,35H,5,25H2,1-4H3. The first kappa shape index (κ1) is 25.7. The van der Waals surface area contributed by atoms with Crippen molar-refractivity contribution in [2.75, 3.05) is 0 Å². The van der Waals surface area contributed by atoms with Gasteiger partial charge in [0.25, 0.3) is 0 Å². The van der Waals surface area contributed by atoms with E-state index in [0.717, 1.165) is 12.8 Å². The summed E-state index contributed by atoms with van der Waals surface area (Å²) in [6.07, 6.45) is 2.09. The molecule has 0 aliphatic rings. The van der Waals surface area contributed by atoms with Crippen LogP contribution in [0.15, 0.2) is 121 Å². The number of benzene rings is 5. The molecule has 0 aliphatic heterocycles. The Bertz CT molecular complexity index is 1470. The fourth-order valence-corrected chi connectivity index (χ4v) is 5.68. The van der Waals surface area contributed by atoms with E-state index in [1.165, 1.54) is 55.6 Å². The second-order valence-electron chi connectivity index (χ2n) is 10.7. The molecular weight excluding hydrogens is 456 g/mol. The molecule has 5 aromatic rings. The Morgan fingerprint density at radius 2 is 1.21 bits per heavy atom. The van der Waals surface area contributed by atoms with E-state index < -0.39 is 0 Å². The van der Waals surface area contributed by atoms with E-state index in [1.807, 2.05) is 0 Å². The molecule has 0 aromatic heterocycles. The van der Waals surface area contributed by atoms with Crippen LogP contribution in [0.5, 0.6) is 0 Å². The normalized spacial score (nSPS) is 12.7. The first-order valence-electron chi connectivity index (χ1n) is 13.9. The maximum Gasteiger partial charge on any atom is 0.00928 e. The van der Waals surface area contributed by atoms with Gasteiger partial charge < -0.3 is 0 Å². The van der Waals surface area contributed by atoms with E-state index in [1.54, 1.807) is 0 Å². The summed E-state index contributed by atoms with van der Waals surface area (Å²) in [4.78, 5) is 0.